The van der Waals surface area contributed by atoms with Crippen molar-refractivity contribution in [1.29, 1.82) is 0 Å². The molecule has 0 aromatic rings. The van der Waals surface area contributed by atoms with E-state index in [1.165, 1.54) is 38.5 Å². The molecular weight excluding hydrogens is 592 g/mol. The number of nitrogens with one attached hydrogen (secondary N) is 1. The molecule has 3 saturated heterocycles. The third-order valence-electron chi connectivity index (χ3n) is 16.8. The maximum absolute atomic E-state index is 12.6. The van der Waals surface area contributed by atoms with Crippen molar-refractivity contribution in [2.24, 2.45) is 50.7 Å². The highest BCUT2D eigenvalue weighted by Crippen LogP contribution is 2.89. The Morgan fingerprint density at radius 1 is 1.02 bits per heavy atom. The maximum atomic E-state index is 12.6. The van der Waals surface area contributed by atoms with Crippen LogP contribution in [0.15, 0.2) is 0 Å². The summed E-state index contributed by atoms with van der Waals surface area (Å²) < 4.78 is 20.0. The van der Waals surface area contributed by atoms with E-state index >= 15 is 0 Å². The van der Waals surface area contributed by atoms with Crippen molar-refractivity contribution < 1.29 is 29.2 Å². The van der Waals surface area contributed by atoms with Crippen LogP contribution in [0.3, 0.4) is 0 Å². The Hall–Kier alpha value is -0.770. The van der Waals surface area contributed by atoms with Gasteiger partial charge in [-0.3, -0.25) is 9.69 Å². The molecule has 8 aliphatic rings. The molecule has 14 atom stereocenters. The number of ether oxygens (including phenoxy) is 3. The van der Waals surface area contributed by atoms with Crippen LogP contribution in [-0.4, -0.2) is 89.6 Å². The summed E-state index contributed by atoms with van der Waals surface area (Å²) in [5.41, 5.74) is 0.224. The minimum Gasteiger partial charge on any atom is -0.388 e. The van der Waals surface area contributed by atoms with Crippen LogP contribution in [0, 0.1) is 50.7 Å². The Morgan fingerprint density at radius 3 is 2.51 bits per heavy atom. The predicted octanol–water partition coefficient (Wildman–Crippen LogP) is 5.28. The minimum atomic E-state index is -1.16. The average molecular weight is 657 g/mol. The molecule has 2 spiro atoms. The van der Waals surface area contributed by atoms with E-state index in [0.29, 0.717) is 47.7 Å². The van der Waals surface area contributed by atoms with Crippen LogP contribution in [0.1, 0.15) is 119 Å². The lowest BCUT2D eigenvalue weighted by Gasteiger charge is -2.63. The SMILES string of the molecule is C[C@@H]1CC([C@H](O)C(C)(C)O)OC2C[C@@]3(C)[C@@H]4CCC5C(C)(C)[C@@H](OC6CN([C@H]7CCCNC7=O)CCO6)CC[C@@]56C[C@@]46CC[C@]3(C)C21. The highest BCUT2D eigenvalue weighted by atomic mass is 16.7. The molecule has 5 aliphatic carbocycles. The number of hydrogen-bond donors (Lipinski definition) is 3. The van der Waals surface area contributed by atoms with E-state index in [9.17, 15) is 15.0 Å². The fourth-order valence-corrected chi connectivity index (χ4v) is 14.5. The normalized spacial score (nSPS) is 53.0. The van der Waals surface area contributed by atoms with Crippen molar-refractivity contribution >= 4 is 5.91 Å². The number of fused-ring (bicyclic) bond motifs is 4. The summed E-state index contributed by atoms with van der Waals surface area (Å²) in [6.07, 6.45) is 11.7. The van der Waals surface area contributed by atoms with Gasteiger partial charge in [-0.1, -0.05) is 34.6 Å². The summed E-state index contributed by atoms with van der Waals surface area (Å²) in [7, 11) is 0. The number of morpholine rings is 1. The van der Waals surface area contributed by atoms with E-state index in [0.717, 1.165) is 45.2 Å². The second kappa shape index (κ2) is 10.9. The number of carbonyl (C=O) groups excluding carboxylic acids is 1. The van der Waals surface area contributed by atoms with Gasteiger partial charge in [-0.25, -0.2) is 0 Å². The summed E-state index contributed by atoms with van der Waals surface area (Å²) in [5.74, 6) is 2.52. The van der Waals surface area contributed by atoms with Crippen LogP contribution in [-0.2, 0) is 19.0 Å². The van der Waals surface area contributed by atoms with Crippen molar-refractivity contribution in [3.63, 3.8) is 0 Å². The van der Waals surface area contributed by atoms with Crippen LogP contribution in [0.25, 0.3) is 0 Å². The summed E-state index contributed by atoms with van der Waals surface area (Å²) >= 11 is 0. The van der Waals surface area contributed by atoms with Gasteiger partial charge >= 0.3 is 0 Å². The average Bonchev–Trinajstić information content (AvgIpc) is 3.61. The number of rotatable bonds is 5. The molecule has 8 nitrogen and oxygen atoms in total. The zero-order valence-electron chi connectivity index (χ0n) is 30.4. The van der Waals surface area contributed by atoms with Gasteiger partial charge in [0.1, 0.15) is 6.10 Å². The van der Waals surface area contributed by atoms with E-state index in [-0.39, 0.29) is 52.8 Å². The number of aliphatic hydroxyl groups excluding tert-OH is 1. The molecule has 3 heterocycles. The molecule has 5 saturated carbocycles. The second-order valence-corrected chi connectivity index (χ2v) is 19.5. The molecule has 8 rings (SSSR count). The first-order valence-corrected chi connectivity index (χ1v) is 19.4. The topological polar surface area (TPSA) is 100 Å². The van der Waals surface area contributed by atoms with Crippen molar-refractivity contribution in [3.8, 4) is 0 Å². The second-order valence-electron chi connectivity index (χ2n) is 19.5. The van der Waals surface area contributed by atoms with Crippen molar-refractivity contribution in [2.75, 3.05) is 26.2 Å². The first kappa shape index (κ1) is 33.4. The number of piperidine rings is 1. The molecule has 0 aromatic carbocycles. The number of nitrogens with zero attached hydrogens (tertiary/aromatic N) is 1. The van der Waals surface area contributed by atoms with Crippen LogP contribution in [0.4, 0.5) is 0 Å². The highest BCUT2D eigenvalue weighted by Gasteiger charge is 2.83. The summed E-state index contributed by atoms with van der Waals surface area (Å²) in [6.45, 7) is 18.9. The van der Waals surface area contributed by atoms with Crippen LogP contribution in [0.2, 0.25) is 0 Å². The molecule has 266 valence electrons. The summed E-state index contributed by atoms with van der Waals surface area (Å²) in [6, 6.07) is -0.0494. The van der Waals surface area contributed by atoms with Crippen LogP contribution < -0.4 is 5.32 Å². The van der Waals surface area contributed by atoms with Crippen LogP contribution in [0.5, 0.6) is 0 Å². The third-order valence-corrected chi connectivity index (χ3v) is 16.8. The Morgan fingerprint density at radius 2 is 1.77 bits per heavy atom. The van der Waals surface area contributed by atoms with Gasteiger partial charge < -0.3 is 29.7 Å². The zero-order chi connectivity index (χ0) is 33.4. The zero-order valence-corrected chi connectivity index (χ0v) is 30.4. The molecule has 0 bridgehead atoms. The molecule has 5 unspecified atom stereocenters. The van der Waals surface area contributed by atoms with E-state index < -0.39 is 11.7 Å². The standard InChI is InChI=1S/C39H64N2O6/c1-23-19-25(32(42)35(4,5)44)46-26-20-37(7)28-11-10-27-34(2,3)29(12-13-38(27)22-39(28,38)15-14-36(37,6)31(23)26)47-30-21-41(17-18-45-30)24-9-8-16-40-33(24)43/h23-32,42,44H,8-22H2,1-7H3,(H,40,43)/t23-,24+,25?,26?,27?,28+,29+,30?,31?,32+,36-,37+,38-,39+/m1/s1. The number of amides is 1. The van der Waals surface area contributed by atoms with Gasteiger partial charge in [0.05, 0.1) is 43.1 Å². The molecule has 3 N–H and O–H groups in total. The van der Waals surface area contributed by atoms with Gasteiger partial charge in [0.25, 0.3) is 0 Å². The van der Waals surface area contributed by atoms with Crippen molar-refractivity contribution in [2.45, 2.75) is 161 Å². The molecule has 47 heavy (non-hydrogen) atoms. The molecule has 8 heteroatoms. The molecule has 8 fully saturated rings. The Bertz CT molecular complexity index is 1250. The lowest BCUT2D eigenvalue weighted by molar-refractivity contribution is -0.249. The quantitative estimate of drug-likeness (QED) is 0.370. The fourth-order valence-electron chi connectivity index (χ4n) is 14.5. The molecule has 0 aromatic heterocycles. The van der Waals surface area contributed by atoms with Crippen molar-refractivity contribution in [3.05, 3.63) is 0 Å². The van der Waals surface area contributed by atoms with E-state index in [1.807, 2.05) is 0 Å². The fraction of sp³-hybridized carbons (Fsp3) is 0.974. The number of hydrogen-bond acceptors (Lipinski definition) is 7. The monoisotopic (exact) mass is 656 g/mol. The summed E-state index contributed by atoms with van der Waals surface area (Å²) in [4.78, 5) is 14.9. The van der Waals surface area contributed by atoms with E-state index in [4.69, 9.17) is 14.2 Å². The van der Waals surface area contributed by atoms with Gasteiger partial charge in [0.2, 0.25) is 5.91 Å². The highest BCUT2D eigenvalue weighted by molar-refractivity contribution is 5.82. The van der Waals surface area contributed by atoms with E-state index in [2.05, 4.69) is 44.8 Å². The van der Waals surface area contributed by atoms with Crippen molar-refractivity contribution in [1.82, 2.24) is 10.2 Å². The van der Waals surface area contributed by atoms with Gasteiger partial charge in [0, 0.05) is 13.1 Å². The molecule has 3 aliphatic heterocycles. The number of aliphatic hydroxyl groups is 2. The molecular formula is C39H64N2O6. The summed E-state index contributed by atoms with van der Waals surface area (Å²) in [5, 5.41) is 24.7. The predicted molar refractivity (Wildman–Crippen MR) is 179 cm³/mol. The molecule has 0 radical (unpaired) electrons. The first-order chi connectivity index (χ1) is 22.1. The van der Waals surface area contributed by atoms with Gasteiger partial charge in [0.15, 0.2) is 6.29 Å². The Labute approximate surface area is 283 Å². The lowest BCUT2D eigenvalue weighted by Crippen LogP contribution is -2.59. The first-order valence-electron chi connectivity index (χ1n) is 19.4. The van der Waals surface area contributed by atoms with Gasteiger partial charge in [-0.2, -0.15) is 0 Å². The minimum absolute atomic E-state index is 0.0494. The third kappa shape index (κ3) is 4.62. The maximum Gasteiger partial charge on any atom is 0.237 e. The smallest absolute Gasteiger partial charge is 0.237 e. The lowest BCUT2D eigenvalue weighted by atomic mass is 9.41. The van der Waals surface area contributed by atoms with Crippen LogP contribution >= 0.6 is 0 Å². The van der Waals surface area contributed by atoms with E-state index in [1.54, 1.807) is 13.8 Å². The van der Waals surface area contributed by atoms with Gasteiger partial charge in [-0.15, -0.1) is 0 Å². The molecule has 1 amide bonds. The largest absolute Gasteiger partial charge is 0.388 e. The Kier molecular flexibility index (Phi) is 7.72. The Balaban J connectivity index is 0.988. The van der Waals surface area contributed by atoms with Gasteiger partial charge in [-0.05, 0) is 135 Å². The number of carbonyl (C=O) groups is 1.